The number of nitrogens with zero attached hydrogens (tertiary/aromatic N) is 1. The minimum atomic E-state index is -3.40. The lowest BCUT2D eigenvalue weighted by molar-refractivity contribution is 0.345. The maximum atomic E-state index is 12.7. The Kier molecular flexibility index (Phi) is 7.35. The molecule has 120 valence electrons. The van der Waals surface area contributed by atoms with Crippen molar-refractivity contribution in [2.75, 3.05) is 13.6 Å². The fourth-order valence-corrected chi connectivity index (χ4v) is 3.97. The lowest BCUT2D eigenvalue weighted by Gasteiger charge is -2.26. The molecule has 0 spiro atoms. The summed E-state index contributed by atoms with van der Waals surface area (Å²) in [7, 11) is -1.53. The van der Waals surface area contributed by atoms with Crippen LogP contribution in [-0.2, 0) is 16.6 Å². The van der Waals surface area contributed by atoms with Crippen LogP contribution in [0, 0.1) is 0 Å². The predicted molar refractivity (Wildman–Crippen MR) is 87.8 cm³/mol. The molecular weight excluding hydrogens is 284 g/mol. The van der Waals surface area contributed by atoms with Crippen LogP contribution in [-0.4, -0.2) is 32.4 Å². The van der Waals surface area contributed by atoms with E-state index in [0.717, 1.165) is 31.4 Å². The summed E-state index contributed by atoms with van der Waals surface area (Å²) in [6.45, 7) is 7.31. The van der Waals surface area contributed by atoms with Crippen LogP contribution in [0.4, 0.5) is 0 Å². The highest BCUT2D eigenvalue weighted by Crippen LogP contribution is 2.19. The summed E-state index contributed by atoms with van der Waals surface area (Å²) in [5.74, 6) is 0. The molecule has 0 amide bonds. The number of benzene rings is 1. The third-order valence-corrected chi connectivity index (χ3v) is 5.56. The summed E-state index contributed by atoms with van der Waals surface area (Å²) in [5, 5.41) is 3.06. The lowest BCUT2D eigenvalue weighted by Crippen LogP contribution is -2.37. The van der Waals surface area contributed by atoms with Gasteiger partial charge >= 0.3 is 0 Å². The Morgan fingerprint density at radius 2 is 1.76 bits per heavy atom. The van der Waals surface area contributed by atoms with Gasteiger partial charge in [-0.25, -0.2) is 8.42 Å². The van der Waals surface area contributed by atoms with Crippen LogP contribution >= 0.6 is 0 Å². The van der Waals surface area contributed by atoms with Gasteiger partial charge in [0, 0.05) is 19.1 Å². The molecule has 0 saturated heterocycles. The van der Waals surface area contributed by atoms with E-state index in [1.807, 2.05) is 33.0 Å². The van der Waals surface area contributed by atoms with Gasteiger partial charge in [-0.05, 0) is 45.0 Å². The highest BCUT2D eigenvalue weighted by atomic mass is 32.2. The normalized spacial score (nSPS) is 12.3. The molecule has 1 aromatic carbocycles. The lowest BCUT2D eigenvalue weighted by atomic mass is 10.2. The molecule has 0 aromatic heterocycles. The third kappa shape index (κ3) is 5.09. The van der Waals surface area contributed by atoms with Gasteiger partial charge < -0.3 is 5.32 Å². The van der Waals surface area contributed by atoms with Crippen LogP contribution in [0.3, 0.4) is 0 Å². The Balaban J connectivity index is 2.93. The second kappa shape index (κ2) is 8.51. The maximum Gasteiger partial charge on any atom is 0.243 e. The number of sulfonamides is 1. The summed E-state index contributed by atoms with van der Waals surface area (Å²) >= 11 is 0. The van der Waals surface area contributed by atoms with Crippen molar-refractivity contribution >= 4 is 10.0 Å². The van der Waals surface area contributed by atoms with E-state index < -0.39 is 10.0 Å². The van der Waals surface area contributed by atoms with E-state index in [0.29, 0.717) is 11.4 Å². The highest BCUT2D eigenvalue weighted by molar-refractivity contribution is 7.89. The first-order valence-electron chi connectivity index (χ1n) is 7.68. The van der Waals surface area contributed by atoms with E-state index in [9.17, 15) is 8.42 Å². The molecule has 0 aliphatic carbocycles. The molecule has 1 N–H and O–H groups in total. The zero-order chi connectivity index (χ0) is 15.9. The van der Waals surface area contributed by atoms with E-state index in [-0.39, 0.29) is 6.04 Å². The first-order chi connectivity index (χ1) is 9.93. The van der Waals surface area contributed by atoms with Gasteiger partial charge in [-0.15, -0.1) is 0 Å². The van der Waals surface area contributed by atoms with Gasteiger partial charge in [-0.2, -0.15) is 4.31 Å². The molecule has 0 atom stereocenters. The number of rotatable bonds is 9. The third-order valence-electron chi connectivity index (χ3n) is 3.47. The predicted octanol–water partition coefficient (Wildman–Crippen LogP) is 3.00. The Morgan fingerprint density at radius 1 is 1.14 bits per heavy atom. The molecule has 0 fully saturated rings. The van der Waals surface area contributed by atoms with Crippen LogP contribution in [0.5, 0.6) is 0 Å². The average Bonchev–Trinajstić information content (AvgIpc) is 2.44. The highest BCUT2D eigenvalue weighted by Gasteiger charge is 2.26. The number of unbranched alkanes of at least 4 members (excludes halogenated alkanes) is 2. The second-order valence-corrected chi connectivity index (χ2v) is 7.48. The number of hydrogen-bond donors (Lipinski definition) is 1. The van der Waals surface area contributed by atoms with Crippen LogP contribution in [0.15, 0.2) is 29.2 Å². The fourth-order valence-electron chi connectivity index (χ4n) is 2.29. The molecule has 1 aromatic rings. The Morgan fingerprint density at radius 3 is 2.24 bits per heavy atom. The van der Waals surface area contributed by atoms with Crippen molar-refractivity contribution in [2.45, 2.75) is 57.5 Å². The molecule has 0 aliphatic heterocycles. The van der Waals surface area contributed by atoms with Gasteiger partial charge in [0.05, 0.1) is 4.90 Å². The van der Waals surface area contributed by atoms with Gasteiger partial charge in [-0.3, -0.25) is 0 Å². The van der Waals surface area contributed by atoms with Gasteiger partial charge in [0.2, 0.25) is 10.0 Å². The molecule has 0 unspecified atom stereocenters. The Bertz CT molecular complexity index is 510. The molecule has 0 radical (unpaired) electrons. The van der Waals surface area contributed by atoms with Crippen LogP contribution in [0.1, 0.15) is 45.6 Å². The standard InChI is InChI=1S/C16H28N2O2S/c1-5-6-7-12-18(14(2)3)21(19,20)16-10-8-15(9-11-16)13-17-4/h8-11,14,17H,5-7,12-13H2,1-4H3. The summed E-state index contributed by atoms with van der Waals surface area (Å²) in [4.78, 5) is 0.382. The smallest absolute Gasteiger partial charge is 0.243 e. The van der Waals surface area contributed by atoms with Crippen LogP contribution in [0.25, 0.3) is 0 Å². The van der Waals surface area contributed by atoms with Gasteiger partial charge in [0.25, 0.3) is 0 Å². The number of hydrogen-bond acceptors (Lipinski definition) is 3. The van der Waals surface area contributed by atoms with Crippen molar-refractivity contribution in [1.29, 1.82) is 0 Å². The average molecular weight is 312 g/mol. The van der Waals surface area contributed by atoms with Crippen molar-refractivity contribution in [3.63, 3.8) is 0 Å². The van der Waals surface area contributed by atoms with E-state index in [4.69, 9.17) is 0 Å². The summed E-state index contributed by atoms with van der Waals surface area (Å²) in [5.41, 5.74) is 1.08. The van der Waals surface area contributed by atoms with E-state index in [1.165, 1.54) is 0 Å². The SMILES string of the molecule is CCCCCN(C(C)C)S(=O)(=O)c1ccc(CNC)cc1. The molecule has 0 aliphatic rings. The molecule has 21 heavy (non-hydrogen) atoms. The van der Waals surface area contributed by atoms with E-state index >= 15 is 0 Å². The molecule has 4 nitrogen and oxygen atoms in total. The molecule has 1 rings (SSSR count). The maximum absolute atomic E-state index is 12.7. The van der Waals surface area contributed by atoms with Gasteiger partial charge in [0.15, 0.2) is 0 Å². The molecule has 0 heterocycles. The monoisotopic (exact) mass is 312 g/mol. The minimum absolute atomic E-state index is 0.0242. The quantitative estimate of drug-likeness (QED) is 0.713. The Hall–Kier alpha value is -0.910. The van der Waals surface area contributed by atoms with Crippen molar-refractivity contribution in [1.82, 2.24) is 9.62 Å². The van der Waals surface area contributed by atoms with Crippen molar-refractivity contribution in [3.8, 4) is 0 Å². The van der Waals surface area contributed by atoms with E-state index in [2.05, 4.69) is 12.2 Å². The fraction of sp³-hybridized carbons (Fsp3) is 0.625. The van der Waals surface area contributed by atoms with E-state index in [1.54, 1.807) is 16.4 Å². The molecule has 0 saturated carbocycles. The zero-order valence-electron chi connectivity index (χ0n) is 13.6. The molecule has 0 bridgehead atoms. The van der Waals surface area contributed by atoms with Crippen molar-refractivity contribution in [3.05, 3.63) is 29.8 Å². The zero-order valence-corrected chi connectivity index (χ0v) is 14.4. The van der Waals surface area contributed by atoms with Gasteiger partial charge in [-0.1, -0.05) is 31.9 Å². The molecular formula is C16H28N2O2S. The van der Waals surface area contributed by atoms with Crippen LogP contribution in [0.2, 0.25) is 0 Å². The molecule has 5 heteroatoms. The van der Waals surface area contributed by atoms with Gasteiger partial charge in [0.1, 0.15) is 0 Å². The number of nitrogens with one attached hydrogen (secondary N) is 1. The topological polar surface area (TPSA) is 49.4 Å². The van der Waals surface area contributed by atoms with Crippen LogP contribution < -0.4 is 5.32 Å². The summed E-state index contributed by atoms with van der Waals surface area (Å²) in [6.07, 6.45) is 3.05. The first kappa shape index (κ1) is 18.1. The largest absolute Gasteiger partial charge is 0.316 e. The van der Waals surface area contributed by atoms with Crippen molar-refractivity contribution < 1.29 is 8.42 Å². The Labute approximate surface area is 129 Å². The summed E-state index contributed by atoms with van der Waals surface area (Å²) in [6, 6.07) is 7.12. The minimum Gasteiger partial charge on any atom is -0.316 e. The first-order valence-corrected chi connectivity index (χ1v) is 9.12. The summed E-state index contributed by atoms with van der Waals surface area (Å²) < 4.78 is 27.1. The second-order valence-electron chi connectivity index (χ2n) is 5.59. The van der Waals surface area contributed by atoms with Crippen molar-refractivity contribution in [2.24, 2.45) is 0 Å².